The van der Waals surface area contributed by atoms with Crippen LogP contribution in [-0.4, -0.2) is 11.1 Å². The van der Waals surface area contributed by atoms with Gasteiger partial charge in [-0.25, -0.2) is 9.18 Å². The zero-order valence-electron chi connectivity index (χ0n) is 9.97. The Balaban J connectivity index is 2.07. The van der Waals surface area contributed by atoms with Crippen LogP contribution in [0.2, 0.25) is 0 Å². The molecule has 0 amide bonds. The van der Waals surface area contributed by atoms with E-state index in [2.05, 4.69) is 0 Å². The van der Waals surface area contributed by atoms with E-state index < -0.39 is 11.8 Å². The molecule has 0 unspecified atom stereocenters. The standard InChI is InChI=1S/C14H12FNO3/c15-13-5-4-10(16)7-12(13)14(18)19-8-9-2-1-3-11(17)6-9/h1-7,17H,8,16H2. The van der Waals surface area contributed by atoms with E-state index in [-0.39, 0.29) is 23.6 Å². The predicted octanol–water partition coefficient (Wildman–Crippen LogP) is 2.47. The van der Waals surface area contributed by atoms with Gasteiger partial charge >= 0.3 is 5.97 Å². The molecule has 0 spiro atoms. The van der Waals surface area contributed by atoms with Crippen molar-refractivity contribution in [2.75, 3.05) is 5.73 Å². The summed E-state index contributed by atoms with van der Waals surface area (Å²) in [4.78, 5) is 11.7. The molecule has 0 saturated heterocycles. The molecule has 5 heteroatoms. The van der Waals surface area contributed by atoms with Crippen LogP contribution < -0.4 is 5.73 Å². The lowest BCUT2D eigenvalue weighted by atomic mass is 10.2. The maximum atomic E-state index is 13.4. The number of phenolic OH excluding ortho intramolecular Hbond substituents is 1. The summed E-state index contributed by atoms with van der Waals surface area (Å²) in [5.41, 5.74) is 6.17. The minimum Gasteiger partial charge on any atom is -0.508 e. The Hall–Kier alpha value is -2.56. The van der Waals surface area contributed by atoms with Crippen LogP contribution in [0.15, 0.2) is 42.5 Å². The van der Waals surface area contributed by atoms with Gasteiger partial charge in [0.1, 0.15) is 18.2 Å². The Kier molecular flexibility index (Phi) is 3.66. The smallest absolute Gasteiger partial charge is 0.341 e. The molecule has 19 heavy (non-hydrogen) atoms. The highest BCUT2D eigenvalue weighted by Gasteiger charge is 2.13. The summed E-state index contributed by atoms with van der Waals surface area (Å²) in [6, 6.07) is 9.97. The van der Waals surface area contributed by atoms with Crippen LogP contribution in [-0.2, 0) is 11.3 Å². The van der Waals surface area contributed by atoms with Crippen LogP contribution in [0, 0.1) is 5.82 Å². The molecule has 0 aromatic heterocycles. The molecule has 2 rings (SSSR count). The number of anilines is 1. The molecule has 0 heterocycles. The molecule has 0 aliphatic carbocycles. The van der Waals surface area contributed by atoms with Gasteiger partial charge in [0.15, 0.2) is 0 Å². The number of esters is 1. The van der Waals surface area contributed by atoms with E-state index in [0.717, 1.165) is 6.07 Å². The number of rotatable bonds is 3. The van der Waals surface area contributed by atoms with Gasteiger partial charge in [-0.05, 0) is 35.9 Å². The molecule has 2 aromatic carbocycles. The molecule has 0 aliphatic rings. The number of hydrogen-bond donors (Lipinski definition) is 2. The van der Waals surface area contributed by atoms with Crippen molar-refractivity contribution in [2.45, 2.75) is 6.61 Å². The first-order valence-electron chi connectivity index (χ1n) is 5.56. The fourth-order valence-electron chi connectivity index (χ4n) is 1.57. The molecular weight excluding hydrogens is 249 g/mol. The normalized spacial score (nSPS) is 10.2. The minimum absolute atomic E-state index is 0.0541. The Morgan fingerprint density at radius 2 is 2.05 bits per heavy atom. The SMILES string of the molecule is Nc1ccc(F)c(C(=O)OCc2cccc(O)c2)c1. The van der Waals surface area contributed by atoms with Crippen LogP contribution >= 0.6 is 0 Å². The number of carbonyl (C=O) groups is 1. The van der Waals surface area contributed by atoms with Crippen molar-refractivity contribution < 1.29 is 19.0 Å². The highest BCUT2D eigenvalue weighted by atomic mass is 19.1. The van der Waals surface area contributed by atoms with Crippen molar-refractivity contribution in [3.63, 3.8) is 0 Å². The van der Waals surface area contributed by atoms with Crippen LogP contribution in [0.3, 0.4) is 0 Å². The van der Waals surface area contributed by atoms with Gasteiger partial charge in [0.25, 0.3) is 0 Å². The largest absolute Gasteiger partial charge is 0.508 e. The molecule has 0 bridgehead atoms. The van der Waals surface area contributed by atoms with Crippen molar-refractivity contribution in [3.8, 4) is 5.75 Å². The Morgan fingerprint density at radius 1 is 1.26 bits per heavy atom. The van der Waals surface area contributed by atoms with Gasteiger partial charge in [-0.15, -0.1) is 0 Å². The third kappa shape index (κ3) is 3.22. The number of aromatic hydroxyl groups is 1. The first kappa shape index (κ1) is 12.9. The van der Waals surface area contributed by atoms with Gasteiger partial charge < -0.3 is 15.6 Å². The summed E-state index contributed by atoms with van der Waals surface area (Å²) in [7, 11) is 0. The zero-order valence-corrected chi connectivity index (χ0v) is 9.97. The zero-order chi connectivity index (χ0) is 13.8. The Labute approximate surface area is 109 Å². The van der Waals surface area contributed by atoms with Crippen molar-refractivity contribution in [1.82, 2.24) is 0 Å². The highest BCUT2D eigenvalue weighted by molar-refractivity contribution is 5.90. The third-order valence-electron chi connectivity index (χ3n) is 2.49. The summed E-state index contributed by atoms with van der Waals surface area (Å²) in [6.45, 7) is -0.0541. The Bertz CT molecular complexity index is 613. The second-order valence-corrected chi connectivity index (χ2v) is 3.99. The molecular formula is C14H12FNO3. The van der Waals surface area contributed by atoms with E-state index in [9.17, 15) is 14.3 Å². The van der Waals surface area contributed by atoms with E-state index in [1.54, 1.807) is 12.1 Å². The van der Waals surface area contributed by atoms with Gasteiger partial charge in [0, 0.05) is 5.69 Å². The summed E-state index contributed by atoms with van der Waals surface area (Å²) in [5.74, 6) is -1.41. The fourth-order valence-corrected chi connectivity index (χ4v) is 1.57. The number of nitrogens with two attached hydrogens (primary N) is 1. The number of nitrogen functional groups attached to an aromatic ring is 1. The predicted molar refractivity (Wildman–Crippen MR) is 68.0 cm³/mol. The average Bonchev–Trinajstić information content (AvgIpc) is 2.39. The number of carbonyl (C=O) groups excluding carboxylic acids is 1. The highest BCUT2D eigenvalue weighted by Crippen LogP contribution is 2.16. The van der Waals surface area contributed by atoms with Crippen molar-refractivity contribution in [3.05, 3.63) is 59.4 Å². The van der Waals surface area contributed by atoms with E-state index >= 15 is 0 Å². The quantitative estimate of drug-likeness (QED) is 0.657. The van der Waals surface area contributed by atoms with E-state index in [0.29, 0.717) is 5.56 Å². The average molecular weight is 261 g/mol. The van der Waals surface area contributed by atoms with Crippen LogP contribution in [0.4, 0.5) is 10.1 Å². The van der Waals surface area contributed by atoms with Gasteiger partial charge in [-0.3, -0.25) is 0 Å². The van der Waals surface area contributed by atoms with Crippen molar-refractivity contribution >= 4 is 11.7 Å². The van der Waals surface area contributed by atoms with Gasteiger partial charge in [-0.1, -0.05) is 12.1 Å². The molecule has 4 nitrogen and oxygen atoms in total. The number of benzene rings is 2. The molecule has 0 saturated carbocycles. The number of phenols is 1. The number of ether oxygens (including phenoxy) is 1. The second-order valence-electron chi connectivity index (χ2n) is 3.99. The van der Waals surface area contributed by atoms with E-state index in [1.807, 2.05) is 0 Å². The first-order valence-corrected chi connectivity index (χ1v) is 5.56. The first-order chi connectivity index (χ1) is 9.06. The molecule has 0 aliphatic heterocycles. The summed E-state index contributed by atoms with van der Waals surface area (Å²) < 4.78 is 18.4. The van der Waals surface area contributed by atoms with Crippen LogP contribution in [0.1, 0.15) is 15.9 Å². The van der Waals surface area contributed by atoms with Crippen molar-refractivity contribution in [2.24, 2.45) is 0 Å². The van der Waals surface area contributed by atoms with E-state index in [1.165, 1.54) is 24.3 Å². The van der Waals surface area contributed by atoms with Crippen molar-refractivity contribution in [1.29, 1.82) is 0 Å². The Morgan fingerprint density at radius 3 is 2.79 bits per heavy atom. The van der Waals surface area contributed by atoms with Gasteiger partial charge in [-0.2, -0.15) is 0 Å². The lowest BCUT2D eigenvalue weighted by Gasteiger charge is -2.06. The lowest BCUT2D eigenvalue weighted by Crippen LogP contribution is -2.08. The van der Waals surface area contributed by atoms with E-state index in [4.69, 9.17) is 10.5 Å². The second kappa shape index (κ2) is 5.39. The summed E-state index contributed by atoms with van der Waals surface area (Å²) in [6.07, 6.45) is 0. The monoisotopic (exact) mass is 261 g/mol. The van der Waals surface area contributed by atoms with Crippen LogP contribution in [0.25, 0.3) is 0 Å². The molecule has 3 N–H and O–H groups in total. The van der Waals surface area contributed by atoms with Gasteiger partial charge in [0.05, 0.1) is 5.56 Å². The third-order valence-corrected chi connectivity index (χ3v) is 2.49. The molecule has 2 aromatic rings. The topological polar surface area (TPSA) is 72.6 Å². The molecule has 0 atom stereocenters. The molecule has 98 valence electrons. The summed E-state index contributed by atoms with van der Waals surface area (Å²) in [5, 5.41) is 9.26. The maximum absolute atomic E-state index is 13.4. The minimum atomic E-state index is -0.798. The van der Waals surface area contributed by atoms with Gasteiger partial charge in [0.2, 0.25) is 0 Å². The lowest BCUT2D eigenvalue weighted by molar-refractivity contribution is 0.0467. The maximum Gasteiger partial charge on any atom is 0.341 e. The molecule has 0 fully saturated rings. The molecule has 0 radical (unpaired) electrons. The summed E-state index contributed by atoms with van der Waals surface area (Å²) >= 11 is 0. The number of halogens is 1. The fraction of sp³-hybridized carbons (Fsp3) is 0.0714. The van der Waals surface area contributed by atoms with Crippen LogP contribution in [0.5, 0.6) is 5.75 Å². The number of hydrogen-bond acceptors (Lipinski definition) is 4.